The zero-order valence-electron chi connectivity index (χ0n) is 17.5. The summed E-state index contributed by atoms with van der Waals surface area (Å²) in [6, 6.07) is 18.5. The van der Waals surface area contributed by atoms with Gasteiger partial charge in [0, 0.05) is 11.1 Å². The summed E-state index contributed by atoms with van der Waals surface area (Å²) < 4.78 is 24.7. The van der Waals surface area contributed by atoms with Crippen LogP contribution in [0.15, 0.2) is 66.7 Å². The van der Waals surface area contributed by atoms with E-state index in [4.69, 9.17) is 21.1 Å². The van der Waals surface area contributed by atoms with Crippen molar-refractivity contribution < 1.29 is 18.7 Å². The monoisotopic (exact) mass is 467 g/mol. The number of para-hydroxylation sites is 2. The highest BCUT2D eigenvalue weighted by Gasteiger charge is 2.12. The SMILES string of the molecule is COc1ccccc1NC(=O)Cn1nnc(-c2ccc(OCc3c(F)cccc3Cl)cc2)n1. The Morgan fingerprint density at radius 3 is 2.64 bits per heavy atom. The normalized spacial score (nSPS) is 10.6. The van der Waals surface area contributed by atoms with Crippen LogP contribution in [0, 0.1) is 5.82 Å². The molecule has 1 heterocycles. The first kappa shape index (κ1) is 22.2. The topological polar surface area (TPSA) is 91.2 Å². The predicted molar refractivity (Wildman–Crippen MR) is 121 cm³/mol. The Kier molecular flexibility index (Phi) is 6.80. The number of amides is 1. The number of anilines is 1. The van der Waals surface area contributed by atoms with Gasteiger partial charge in [0.1, 0.15) is 30.5 Å². The Labute approximate surface area is 193 Å². The lowest BCUT2D eigenvalue weighted by atomic mass is 10.2. The maximum absolute atomic E-state index is 13.9. The third-order valence-electron chi connectivity index (χ3n) is 4.68. The summed E-state index contributed by atoms with van der Waals surface area (Å²) in [5.74, 6) is 0.691. The first-order valence-electron chi connectivity index (χ1n) is 9.90. The van der Waals surface area contributed by atoms with Crippen molar-refractivity contribution in [3.8, 4) is 22.9 Å². The van der Waals surface area contributed by atoms with Gasteiger partial charge in [-0.2, -0.15) is 4.80 Å². The number of halogens is 2. The van der Waals surface area contributed by atoms with Crippen molar-refractivity contribution in [1.29, 1.82) is 0 Å². The van der Waals surface area contributed by atoms with Crippen LogP contribution >= 0.6 is 11.6 Å². The molecule has 0 aliphatic carbocycles. The summed E-state index contributed by atoms with van der Waals surface area (Å²) in [7, 11) is 1.53. The van der Waals surface area contributed by atoms with Crippen molar-refractivity contribution in [3.63, 3.8) is 0 Å². The number of hydrogen-bond acceptors (Lipinski definition) is 6. The molecular weight excluding hydrogens is 449 g/mol. The summed E-state index contributed by atoms with van der Waals surface area (Å²) in [5.41, 5.74) is 1.53. The van der Waals surface area contributed by atoms with Crippen molar-refractivity contribution >= 4 is 23.2 Å². The average Bonchev–Trinajstić information content (AvgIpc) is 3.28. The van der Waals surface area contributed by atoms with E-state index >= 15 is 0 Å². The van der Waals surface area contributed by atoms with E-state index in [-0.39, 0.29) is 19.1 Å². The molecule has 0 saturated heterocycles. The van der Waals surface area contributed by atoms with Crippen LogP contribution in [0.2, 0.25) is 5.02 Å². The molecule has 1 aromatic heterocycles. The molecule has 4 rings (SSSR count). The number of tetrazole rings is 1. The molecule has 0 atom stereocenters. The second-order valence-electron chi connectivity index (χ2n) is 6.91. The molecule has 8 nitrogen and oxygen atoms in total. The van der Waals surface area contributed by atoms with E-state index in [1.165, 1.54) is 24.0 Å². The maximum atomic E-state index is 13.9. The van der Waals surface area contributed by atoms with Gasteiger partial charge in [-0.3, -0.25) is 4.79 Å². The number of rotatable bonds is 8. The molecule has 0 bridgehead atoms. The van der Waals surface area contributed by atoms with Gasteiger partial charge in [-0.1, -0.05) is 29.8 Å². The Balaban J connectivity index is 1.36. The van der Waals surface area contributed by atoms with E-state index in [0.29, 0.717) is 39.2 Å². The minimum absolute atomic E-state index is 0.000593. The van der Waals surface area contributed by atoms with E-state index in [0.717, 1.165) is 0 Å². The van der Waals surface area contributed by atoms with Gasteiger partial charge < -0.3 is 14.8 Å². The van der Waals surface area contributed by atoms with Crippen molar-refractivity contribution in [3.05, 3.63) is 83.1 Å². The van der Waals surface area contributed by atoms with Gasteiger partial charge in [0.2, 0.25) is 11.7 Å². The minimum Gasteiger partial charge on any atom is -0.495 e. The molecule has 4 aromatic rings. The van der Waals surface area contributed by atoms with Crippen LogP contribution in [0.1, 0.15) is 5.56 Å². The smallest absolute Gasteiger partial charge is 0.248 e. The van der Waals surface area contributed by atoms with Gasteiger partial charge in [-0.25, -0.2) is 4.39 Å². The minimum atomic E-state index is -0.422. The van der Waals surface area contributed by atoms with E-state index in [1.807, 2.05) is 6.07 Å². The number of carbonyl (C=O) groups is 1. The molecule has 0 aliphatic heterocycles. The van der Waals surface area contributed by atoms with Gasteiger partial charge in [0.05, 0.1) is 17.8 Å². The fraction of sp³-hybridized carbons (Fsp3) is 0.130. The van der Waals surface area contributed by atoms with Gasteiger partial charge >= 0.3 is 0 Å². The van der Waals surface area contributed by atoms with Crippen LogP contribution in [-0.4, -0.2) is 33.2 Å². The number of ether oxygens (including phenoxy) is 2. The van der Waals surface area contributed by atoms with Crippen molar-refractivity contribution in [1.82, 2.24) is 20.2 Å². The molecule has 0 unspecified atom stereocenters. The lowest BCUT2D eigenvalue weighted by Crippen LogP contribution is -2.20. The summed E-state index contributed by atoms with van der Waals surface area (Å²) in [6.45, 7) is -0.115. The second-order valence-corrected chi connectivity index (χ2v) is 7.31. The number of aromatic nitrogens is 4. The fourth-order valence-corrected chi connectivity index (χ4v) is 3.24. The third kappa shape index (κ3) is 5.45. The molecule has 0 spiro atoms. The number of benzene rings is 3. The zero-order valence-corrected chi connectivity index (χ0v) is 18.3. The summed E-state index contributed by atoms with van der Waals surface area (Å²) >= 11 is 6.02. The van der Waals surface area contributed by atoms with E-state index < -0.39 is 5.82 Å². The fourth-order valence-electron chi connectivity index (χ4n) is 3.02. The first-order chi connectivity index (χ1) is 16.0. The largest absolute Gasteiger partial charge is 0.495 e. The number of nitrogens with one attached hydrogen (secondary N) is 1. The second kappa shape index (κ2) is 10.1. The molecule has 10 heteroatoms. The molecule has 1 amide bonds. The van der Waals surface area contributed by atoms with Crippen LogP contribution in [-0.2, 0) is 17.9 Å². The van der Waals surface area contributed by atoms with E-state index in [2.05, 4.69) is 20.7 Å². The summed E-state index contributed by atoms with van der Waals surface area (Å²) in [6.07, 6.45) is 0. The van der Waals surface area contributed by atoms with Crippen LogP contribution < -0.4 is 14.8 Å². The highest BCUT2D eigenvalue weighted by atomic mass is 35.5. The summed E-state index contributed by atoms with van der Waals surface area (Å²) in [5, 5.41) is 15.2. The highest BCUT2D eigenvalue weighted by Crippen LogP contribution is 2.24. The molecule has 0 radical (unpaired) electrons. The first-order valence-corrected chi connectivity index (χ1v) is 10.3. The Morgan fingerprint density at radius 2 is 1.88 bits per heavy atom. The zero-order chi connectivity index (χ0) is 23.2. The Morgan fingerprint density at radius 1 is 1.09 bits per heavy atom. The van der Waals surface area contributed by atoms with Crippen LogP contribution in [0.4, 0.5) is 10.1 Å². The maximum Gasteiger partial charge on any atom is 0.248 e. The van der Waals surface area contributed by atoms with Gasteiger partial charge in [-0.15, -0.1) is 10.2 Å². The lowest BCUT2D eigenvalue weighted by Gasteiger charge is -2.09. The quantitative estimate of drug-likeness (QED) is 0.414. The Bertz CT molecular complexity index is 1240. The molecule has 3 aromatic carbocycles. The number of methoxy groups -OCH3 is 1. The van der Waals surface area contributed by atoms with Gasteiger partial charge in [0.15, 0.2) is 0 Å². The Hall–Kier alpha value is -3.98. The predicted octanol–water partition coefficient (Wildman–Crippen LogP) is 4.36. The van der Waals surface area contributed by atoms with E-state index in [1.54, 1.807) is 48.5 Å². The molecular formula is C23H19ClFN5O3. The molecule has 33 heavy (non-hydrogen) atoms. The van der Waals surface area contributed by atoms with Crippen LogP contribution in [0.5, 0.6) is 11.5 Å². The van der Waals surface area contributed by atoms with Gasteiger partial charge in [0.25, 0.3) is 0 Å². The molecule has 0 fully saturated rings. The molecule has 168 valence electrons. The molecule has 1 N–H and O–H groups in total. The third-order valence-corrected chi connectivity index (χ3v) is 5.03. The van der Waals surface area contributed by atoms with Crippen molar-refractivity contribution in [2.75, 3.05) is 12.4 Å². The number of nitrogens with zero attached hydrogens (tertiary/aromatic N) is 4. The average molecular weight is 468 g/mol. The highest BCUT2D eigenvalue weighted by molar-refractivity contribution is 6.31. The van der Waals surface area contributed by atoms with Crippen LogP contribution in [0.3, 0.4) is 0 Å². The summed E-state index contributed by atoms with van der Waals surface area (Å²) in [4.78, 5) is 13.5. The van der Waals surface area contributed by atoms with Gasteiger partial charge in [-0.05, 0) is 53.7 Å². The number of carbonyl (C=O) groups excluding carboxylic acids is 1. The van der Waals surface area contributed by atoms with Crippen molar-refractivity contribution in [2.45, 2.75) is 13.2 Å². The molecule has 0 aliphatic rings. The van der Waals surface area contributed by atoms with E-state index in [9.17, 15) is 9.18 Å². The molecule has 0 saturated carbocycles. The van der Waals surface area contributed by atoms with Crippen molar-refractivity contribution in [2.24, 2.45) is 0 Å². The number of hydrogen-bond donors (Lipinski definition) is 1. The lowest BCUT2D eigenvalue weighted by molar-refractivity contribution is -0.117. The van der Waals surface area contributed by atoms with Crippen LogP contribution in [0.25, 0.3) is 11.4 Å². The standard InChI is InChI=1S/C23H19ClFN5O3/c1-32-21-8-3-2-7-20(21)26-22(31)13-30-28-23(27-29-30)15-9-11-16(12-10-15)33-14-17-18(24)5-4-6-19(17)25/h2-12H,13-14H2,1H3,(H,26,31).